The topological polar surface area (TPSA) is 69.0 Å². The molecule has 0 aliphatic rings. The van der Waals surface area contributed by atoms with Crippen LogP contribution in [0.1, 0.15) is 30.3 Å². The van der Waals surface area contributed by atoms with Gasteiger partial charge < -0.3 is 10.1 Å². The molecular formula is C14H18N4O2. The van der Waals surface area contributed by atoms with Crippen LogP contribution >= 0.6 is 0 Å². The molecule has 0 fully saturated rings. The molecule has 1 aromatic heterocycles. The Morgan fingerprint density at radius 2 is 2.10 bits per heavy atom. The van der Waals surface area contributed by atoms with Crippen LogP contribution in [0, 0.1) is 0 Å². The molecule has 6 nitrogen and oxygen atoms in total. The van der Waals surface area contributed by atoms with Crippen LogP contribution in [0.2, 0.25) is 0 Å². The van der Waals surface area contributed by atoms with Gasteiger partial charge in [0, 0.05) is 12.7 Å². The Hall–Kier alpha value is -2.37. The molecule has 1 N–H and O–H groups in total. The maximum Gasteiger partial charge on any atom is 0.277 e. The highest BCUT2D eigenvalue weighted by Gasteiger charge is 2.09. The third-order valence-corrected chi connectivity index (χ3v) is 2.71. The number of ether oxygens (including phenoxy) is 1. The van der Waals surface area contributed by atoms with Crippen molar-refractivity contribution in [2.45, 2.75) is 19.8 Å². The van der Waals surface area contributed by atoms with Gasteiger partial charge in [0.05, 0.1) is 12.8 Å². The average molecular weight is 274 g/mol. The molecule has 0 spiro atoms. The van der Waals surface area contributed by atoms with Crippen molar-refractivity contribution < 1.29 is 9.53 Å². The van der Waals surface area contributed by atoms with Gasteiger partial charge in [-0.25, -0.2) is 0 Å². The van der Waals surface area contributed by atoms with Gasteiger partial charge in [0.15, 0.2) is 5.69 Å². The lowest BCUT2D eigenvalue weighted by molar-refractivity contribution is 0.102. The summed E-state index contributed by atoms with van der Waals surface area (Å²) in [6.45, 7) is 2.83. The van der Waals surface area contributed by atoms with E-state index in [1.807, 2.05) is 12.1 Å². The fraction of sp³-hybridized carbons (Fsp3) is 0.357. The van der Waals surface area contributed by atoms with Gasteiger partial charge in [-0.3, -0.25) is 9.48 Å². The van der Waals surface area contributed by atoms with Gasteiger partial charge in [-0.15, -0.1) is 5.10 Å². The van der Waals surface area contributed by atoms with Crippen LogP contribution in [0.25, 0.3) is 0 Å². The number of anilines is 1. The number of hydrogen-bond acceptors (Lipinski definition) is 4. The van der Waals surface area contributed by atoms with Crippen molar-refractivity contribution in [2.24, 2.45) is 7.05 Å². The summed E-state index contributed by atoms with van der Waals surface area (Å²) in [7, 11) is 1.71. The molecule has 0 unspecified atom stereocenters. The van der Waals surface area contributed by atoms with E-state index >= 15 is 0 Å². The quantitative estimate of drug-likeness (QED) is 0.820. The molecule has 0 bridgehead atoms. The fourth-order valence-corrected chi connectivity index (χ4v) is 1.62. The van der Waals surface area contributed by atoms with E-state index in [4.69, 9.17) is 4.74 Å². The van der Waals surface area contributed by atoms with Crippen LogP contribution in [0.3, 0.4) is 0 Å². The summed E-state index contributed by atoms with van der Waals surface area (Å²) in [5.41, 5.74) is 0.985. The molecule has 2 aromatic rings. The lowest BCUT2D eigenvalue weighted by Gasteiger charge is -2.07. The number of rotatable bonds is 6. The predicted molar refractivity (Wildman–Crippen MR) is 75.8 cm³/mol. The first-order valence-corrected chi connectivity index (χ1v) is 6.59. The summed E-state index contributed by atoms with van der Waals surface area (Å²) in [5, 5.41) is 10.2. The number of hydrogen-bond donors (Lipinski definition) is 1. The van der Waals surface area contributed by atoms with Crippen molar-refractivity contribution >= 4 is 11.6 Å². The second kappa shape index (κ2) is 6.70. The Kier molecular flexibility index (Phi) is 4.70. The first kappa shape index (κ1) is 14.0. The highest BCUT2D eigenvalue weighted by atomic mass is 16.5. The van der Waals surface area contributed by atoms with E-state index in [-0.39, 0.29) is 11.6 Å². The predicted octanol–water partition coefficient (Wildman–Crippen LogP) is 2.25. The van der Waals surface area contributed by atoms with Crippen LogP contribution in [-0.4, -0.2) is 27.5 Å². The number of nitrogens with zero attached hydrogens (tertiary/aromatic N) is 3. The van der Waals surface area contributed by atoms with E-state index in [1.54, 1.807) is 25.4 Å². The number of amides is 1. The number of unbranched alkanes of at least 4 members (excludes halogenated alkanes) is 1. The zero-order chi connectivity index (χ0) is 14.4. The van der Waals surface area contributed by atoms with Gasteiger partial charge in [0.1, 0.15) is 5.75 Å². The molecule has 0 saturated carbocycles. The molecule has 20 heavy (non-hydrogen) atoms. The Morgan fingerprint density at radius 3 is 2.70 bits per heavy atom. The maximum absolute atomic E-state index is 11.9. The smallest absolute Gasteiger partial charge is 0.277 e. The maximum atomic E-state index is 11.9. The van der Waals surface area contributed by atoms with Crippen molar-refractivity contribution in [1.29, 1.82) is 0 Å². The molecule has 0 radical (unpaired) electrons. The molecule has 106 valence electrons. The molecule has 6 heteroatoms. The SMILES string of the molecule is CCCCOc1ccc(NC(=O)c2cn(C)nn2)cc1. The number of aromatic nitrogens is 3. The summed E-state index contributed by atoms with van der Waals surface area (Å²) >= 11 is 0. The summed E-state index contributed by atoms with van der Waals surface area (Å²) in [4.78, 5) is 11.9. The van der Waals surface area contributed by atoms with E-state index < -0.39 is 0 Å². The van der Waals surface area contributed by atoms with E-state index in [2.05, 4.69) is 22.6 Å². The zero-order valence-electron chi connectivity index (χ0n) is 11.7. The molecule has 2 rings (SSSR count). The number of benzene rings is 1. The standard InChI is InChI=1S/C14H18N4O2/c1-3-4-9-20-12-7-5-11(6-8-12)15-14(19)13-10-18(2)17-16-13/h5-8,10H,3-4,9H2,1-2H3,(H,15,19). The third-order valence-electron chi connectivity index (χ3n) is 2.71. The number of nitrogens with one attached hydrogen (secondary N) is 1. The van der Waals surface area contributed by atoms with Crippen LogP contribution in [0.15, 0.2) is 30.5 Å². The molecule has 0 aliphatic carbocycles. The van der Waals surface area contributed by atoms with Crippen LogP contribution in [0.4, 0.5) is 5.69 Å². The Labute approximate surface area is 117 Å². The van der Waals surface area contributed by atoms with Gasteiger partial charge in [-0.1, -0.05) is 18.6 Å². The second-order valence-corrected chi connectivity index (χ2v) is 4.46. The van der Waals surface area contributed by atoms with Crippen molar-refractivity contribution in [1.82, 2.24) is 15.0 Å². The Morgan fingerprint density at radius 1 is 1.35 bits per heavy atom. The number of carbonyl (C=O) groups excluding carboxylic acids is 1. The average Bonchev–Trinajstić information content (AvgIpc) is 2.88. The van der Waals surface area contributed by atoms with E-state index in [1.165, 1.54) is 4.68 Å². The lowest BCUT2D eigenvalue weighted by Crippen LogP contribution is -2.12. The van der Waals surface area contributed by atoms with E-state index in [0.717, 1.165) is 18.6 Å². The molecule has 0 atom stereocenters. The highest BCUT2D eigenvalue weighted by molar-refractivity contribution is 6.02. The van der Waals surface area contributed by atoms with E-state index in [9.17, 15) is 4.79 Å². The number of carbonyl (C=O) groups is 1. The minimum atomic E-state index is -0.280. The second-order valence-electron chi connectivity index (χ2n) is 4.46. The fourth-order valence-electron chi connectivity index (χ4n) is 1.62. The van der Waals surface area contributed by atoms with Gasteiger partial charge in [-0.05, 0) is 30.7 Å². The molecule has 0 aliphatic heterocycles. The Balaban J connectivity index is 1.91. The Bertz CT molecular complexity index is 563. The van der Waals surface area contributed by atoms with Gasteiger partial charge in [0.25, 0.3) is 5.91 Å². The van der Waals surface area contributed by atoms with Crippen LogP contribution in [-0.2, 0) is 7.05 Å². The van der Waals surface area contributed by atoms with Crippen LogP contribution < -0.4 is 10.1 Å². The van der Waals surface area contributed by atoms with Crippen molar-refractivity contribution in [2.75, 3.05) is 11.9 Å². The molecule has 1 aromatic carbocycles. The largest absolute Gasteiger partial charge is 0.494 e. The van der Waals surface area contributed by atoms with Crippen LogP contribution in [0.5, 0.6) is 5.75 Å². The molecule has 1 amide bonds. The van der Waals surface area contributed by atoms with Crippen molar-refractivity contribution in [3.8, 4) is 5.75 Å². The van der Waals surface area contributed by atoms with Gasteiger partial charge in [-0.2, -0.15) is 0 Å². The lowest BCUT2D eigenvalue weighted by atomic mass is 10.3. The summed E-state index contributed by atoms with van der Waals surface area (Å²) < 4.78 is 7.04. The summed E-state index contributed by atoms with van der Waals surface area (Å²) in [5.74, 6) is 0.522. The molecular weight excluding hydrogens is 256 g/mol. The highest BCUT2D eigenvalue weighted by Crippen LogP contribution is 2.16. The van der Waals surface area contributed by atoms with Gasteiger partial charge in [0.2, 0.25) is 0 Å². The monoisotopic (exact) mass is 274 g/mol. The molecule has 0 saturated heterocycles. The minimum Gasteiger partial charge on any atom is -0.494 e. The van der Waals surface area contributed by atoms with Crippen molar-refractivity contribution in [3.63, 3.8) is 0 Å². The third kappa shape index (κ3) is 3.81. The first-order chi connectivity index (χ1) is 9.69. The summed E-state index contributed by atoms with van der Waals surface area (Å²) in [6, 6.07) is 7.27. The number of aryl methyl sites for hydroxylation is 1. The normalized spacial score (nSPS) is 10.3. The molecule has 1 heterocycles. The van der Waals surface area contributed by atoms with E-state index in [0.29, 0.717) is 12.3 Å². The zero-order valence-corrected chi connectivity index (χ0v) is 11.7. The van der Waals surface area contributed by atoms with Crippen molar-refractivity contribution in [3.05, 3.63) is 36.2 Å². The van der Waals surface area contributed by atoms with Gasteiger partial charge >= 0.3 is 0 Å². The minimum absolute atomic E-state index is 0.280. The summed E-state index contributed by atoms with van der Waals surface area (Å²) in [6.07, 6.45) is 3.70. The first-order valence-electron chi connectivity index (χ1n) is 6.59.